The second kappa shape index (κ2) is 16.3. The summed E-state index contributed by atoms with van der Waals surface area (Å²) in [6, 6.07) is 0. The van der Waals surface area contributed by atoms with Crippen LogP contribution in [0.1, 0.15) is 34.1 Å². The minimum atomic E-state index is -1.72. The first kappa shape index (κ1) is 31.0. The second-order valence-corrected chi connectivity index (χ2v) is 5.34. The lowest BCUT2D eigenvalue weighted by Crippen LogP contribution is -2.40. The van der Waals surface area contributed by atoms with Crippen LogP contribution in [0.2, 0.25) is 0 Å². The van der Waals surface area contributed by atoms with E-state index in [1.165, 1.54) is 6.92 Å². The summed E-state index contributed by atoms with van der Waals surface area (Å²) in [5.41, 5.74) is -0.889. The predicted molar refractivity (Wildman–Crippen MR) is 89.1 cm³/mol. The number of hydrogen-bond donors (Lipinski definition) is 1. The highest BCUT2D eigenvalue weighted by Crippen LogP contribution is 2.16. The lowest BCUT2D eigenvalue weighted by atomic mass is 9.91. The summed E-state index contributed by atoms with van der Waals surface area (Å²) >= 11 is 0. The van der Waals surface area contributed by atoms with Crippen molar-refractivity contribution in [1.29, 1.82) is 0 Å². The van der Waals surface area contributed by atoms with E-state index in [-0.39, 0.29) is 5.57 Å². The van der Waals surface area contributed by atoms with E-state index in [9.17, 15) is 49.2 Å². The van der Waals surface area contributed by atoms with Gasteiger partial charge in [0, 0.05) is 23.5 Å². The van der Waals surface area contributed by atoms with Crippen LogP contribution in [0, 0.1) is 5.92 Å². The Morgan fingerprint density at radius 3 is 1.47 bits per heavy atom. The van der Waals surface area contributed by atoms with Gasteiger partial charge in [0.1, 0.15) is 6.29 Å². The minimum Gasteiger partial charge on any atom is -0.550 e. The van der Waals surface area contributed by atoms with Gasteiger partial charge in [0.25, 0.3) is 0 Å². The van der Waals surface area contributed by atoms with E-state index in [1.807, 2.05) is 0 Å². The molecule has 0 aliphatic heterocycles. The number of aliphatic hydroxyl groups is 1. The standard InChI is InChI=1S/C9H12O6.C7H8O5.C2H4O/c1-4(10)6(3-7(12)13)8(5(2)11)9(14)15;1-4(8)5(2-6(9)10)3-7(11)12;1-2-3/h3,5,8,11H,1-2H3,(H,12,13)(H,14,15);2H,3H2,1H3,(H,9,10)(H,11,12);2H,1H3/p-4/b6-3-;5-2+;. The first-order chi connectivity index (χ1) is 13.6. The van der Waals surface area contributed by atoms with Crippen LogP contribution in [0.15, 0.2) is 23.3 Å². The van der Waals surface area contributed by atoms with Crippen molar-refractivity contribution >= 4 is 41.7 Å². The Balaban J connectivity index is -0.000000437. The molecule has 0 spiro atoms. The first-order valence-corrected chi connectivity index (χ1v) is 7.96. The summed E-state index contributed by atoms with van der Waals surface area (Å²) in [4.78, 5) is 71.1. The van der Waals surface area contributed by atoms with Gasteiger partial charge in [0.15, 0.2) is 11.6 Å². The molecule has 0 aliphatic carbocycles. The molecule has 12 nitrogen and oxygen atoms in total. The Morgan fingerprint density at radius 2 is 1.27 bits per heavy atom. The van der Waals surface area contributed by atoms with E-state index in [4.69, 9.17) is 9.90 Å². The molecule has 168 valence electrons. The van der Waals surface area contributed by atoms with Gasteiger partial charge in [-0.25, -0.2) is 0 Å². The second-order valence-electron chi connectivity index (χ2n) is 5.34. The normalized spacial score (nSPS) is 12.6. The molecule has 0 aromatic heterocycles. The van der Waals surface area contributed by atoms with Gasteiger partial charge < -0.3 is 49.5 Å². The van der Waals surface area contributed by atoms with Crippen molar-refractivity contribution in [3.8, 4) is 0 Å². The summed E-state index contributed by atoms with van der Waals surface area (Å²) in [5, 5.41) is 49.8. The fourth-order valence-corrected chi connectivity index (χ4v) is 1.70. The van der Waals surface area contributed by atoms with Crippen molar-refractivity contribution in [2.75, 3.05) is 0 Å². The molecule has 0 radical (unpaired) electrons. The Labute approximate surface area is 171 Å². The molecule has 0 aromatic rings. The molecule has 0 rings (SSSR count). The van der Waals surface area contributed by atoms with Gasteiger partial charge in [0.05, 0.1) is 29.9 Å². The number of ketones is 2. The molecule has 2 atom stereocenters. The van der Waals surface area contributed by atoms with Crippen LogP contribution in [-0.2, 0) is 33.6 Å². The van der Waals surface area contributed by atoms with Gasteiger partial charge in [0.2, 0.25) is 0 Å². The monoisotopic (exact) mass is 428 g/mol. The summed E-state index contributed by atoms with van der Waals surface area (Å²) < 4.78 is 0. The number of carbonyl (C=O) groups is 7. The van der Waals surface area contributed by atoms with Gasteiger partial charge in [-0.1, -0.05) is 0 Å². The van der Waals surface area contributed by atoms with Crippen LogP contribution in [0.3, 0.4) is 0 Å². The highest BCUT2D eigenvalue weighted by Gasteiger charge is 2.24. The molecule has 30 heavy (non-hydrogen) atoms. The third-order valence-corrected chi connectivity index (χ3v) is 2.83. The maximum absolute atomic E-state index is 11.0. The Bertz CT molecular complexity index is 727. The van der Waals surface area contributed by atoms with Crippen molar-refractivity contribution in [2.45, 2.75) is 40.2 Å². The molecule has 0 saturated carbocycles. The van der Waals surface area contributed by atoms with E-state index >= 15 is 0 Å². The van der Waals surface area contributed by atoms with Crippen molar-refractivity contribution in [1.82, 2.24) is 0 Å². The average Bonchev–Trinajstić information content (AvgIpc) is 2.52. The van der Waals surface area contributed by atoms with E-state index in [0.717, 1.165) is 27.1 Å². The third-order valence-electron chi connectivity index (χ3n) is 2.83. The number of hydrogen-bond acceptors (Lipinski definition) is 12. The zero-order valence-corrected chi connectivity index (χ0v) is 16.5. The number of aliphatic hydroxyl groups excluding tert-OH is 1. The quantitative estimate of drug-likeness (QED) is 0.268. The third kappa shape index (κ3) is 16.5. The smallest absolute Gasteiger partial charge is 0.156 e. The lowest BCUT2D eigenvalue weighted by molar-refractivity contribution is -0.312. The maximum Gasteiger partial charge on any atom is 0.156 e. The molecule has 0 saturated heterocycles. The summed E-state index contributed by atoms with van der Waals surface area (Å²) in [6.45, 7) is 4.62. The van der Waals surface area contributed by atoms with Gasteiger partial charge in [-0.2, -0.15) is 0 Å². The van der Waals surface area contributed by atoms with Gasteiger partial charge >= 0.3 is 0 Å². The number of carbonyl (C=O) groups excluding carboxylic acids is 7. The van der Waals surface area contributed by atoms with Gasteiger partial charge in [-0.3, -0.25) is 9.59 Å². The minimum absolute atomic E-state index is 0.338. The summed E-state index contributed by atoms with van der Waals surface area (Å²) in [6.07, 6.45) is -0.568. The zero-order chi connectivity index (χ0) is 24.6. The Kier molecular flexibility index (Phi) is 16.9. The molecular formula is C18H20O12-4. The largest absolute Gasteiger partial charge is 0.550 e. The maximum atomic E-state index is 11.0. The predicted octanol–water partition coefficient (Wildman–Crippen LogP) is -5.40. The van der Waals surface area contributed by atoms with Crippen molar-refractivity contribution < 1.29 is 59.1 Å². The number of carboxylic acids is 4. The first-order valence-electron chi connectivity index (χ1n) is 7.96. The molecule has 0 heterocycles. The molecule has 0 aliphatic rings. The molecule has 0 fully saturated rings. The summed E-state index contributed by atoms with van der Waals surface area (Å²) in [7, 11) is 0. The highest BCUT2D eigenvalue weighted by molar-refractivity contribution is 6.02. The number of aliphatic carboxylic acids is 4. The fourth-order valence-electron chi connectivity index (χ4n) is 1.70. The number of rotatable bonds is 9. The molecule has 0 bridgehead atoms. The topological polar surface area (TPSA) is 232 Å². The molecular weight excluding hydrogens is 408 g/mol. The van der Waals surface area contributed by atoms with Gasteiger partial charge in [-0.05, 0) is 39.8 Å². The van der Waals surface area contributed by atoms with Crippen LogP contribution in [0.5, 0.6) is 0 Å². The Hall–Kier alpha value is -3.67. The van der Waals surface area contributed by atoms with E-state index in [1.54, 1.807) is 0 Å². The molecule has 12 heteroatoms. The van der Waals surface area contributed by atoms with Crippen LogP contribution in [0.25, 0.3) is 0 Å². The van der Waals surface area contributed by atoms with Crippen molar-refractivity contribution in [2.24, 2.45) is 5.92 Å². The zero-order valence-electron chi connectivity index (χ0n) is 16.5. The van der Waals surface area contributed by atoms with Gasteiger partial charge in [-0.15, -0.1) is 0 Å². The van der Waals surface area contributed by atoms with Crippen LogP contribution < -0.4 is 20.4 Å². The van der Waals surface area contributed by atoms with Crippen LogP contribution in [0.4, 0.5) is 0 Å². The fraction of sp³-hybridized carbons (Fsp3) is 0.389. The SMILES string of the molecule is CC(=O)/C(=C/C(=O)[O-])C(C(=O)[O-])C(C)O.CC(=O)/C(=C/C(=O)[O-])CC(=O)[O-].CC=O. The number of aldehydes is 1. The van der Waals surface area contributed by atoms with E-state index in [2.05, 4.69) is 0 Å². The molecule has 0 amide bonds. The van der Waals surface area contributed by atoms with E-state index in [0.29, 0.717) is 12.2 Å². The lowest BCUT2D eigenvalue weighted by Gasteiger charge is -2.22. The number of carboxylic acid groups (broad SMARTS) is 4. The van der Waals surface area contributed by atoms with Crippen LogP contribution >= 0.6 is 0 Å². The summed E-state index contributed by atoms with van der Waals surface area (Å²) in [5.74, 6) is -9.57. The average molecular weight is 428 g/mol. The van der Waals surface area contributed by atoms with Crippen molar-refractivity contribution in [3.05, 3.63) is 23.3 Å². The molecule has 2 unspecified atom stereocenters. The number of Topliss-reactive ketones (excluding diaryl/α,β-unsaturated/α-hetero) is 2. The van der Waals surface area contributed by atoms with E-state index < -0.39 is 59.5 Å². The molecule has 0 aromatic carbocycles. The molecule has 1 N–H and O–H groups in total. The highest BCUT2D eigenvalue weighted by atomic mass is 16.4. The van der Waals surface area contributed by atoms with Crippen LogP contribution in [-0.4, -0.2) is 52.9 Å². The Morgan fingerprint density at radius 1 is 0.867 bits per heavy atom. The van der Waals surface area contributed by atoms with Crippen molar-refractivity contribution in [3.63, 3.8) is 0 Å².